The summed E-state index contributed by atoms with van der Waals surface area (Å²) in [5.74, 6) is 0.317. The highest BCUT2D eigenvalue weighted by molar-refractivity contribution is 6.06. The van der Waals surface area contributed by atoms with E-state index >= 15 is 0 Å². The van der Waals surface area contributed by atoms with Crippen molar-refractivity contribution in [3.05, 3.63) is 89.0 Å². The molecule has 28 heavy (non-hydrogen) atoms. The Balaban J connectivity index is 1.64. The van der Waals surface area contributed by atoms with Crippen molar-refractivity contribution < 1.29 is 14.3 Å². The van der Waals surface area contributed by atoms with Crippen LogP contribution < -0.4 is 15.4 Å². The van der Waals surface area contributed by atoms with Gasteiger partial charge in [-0.05, 0) is 85.6 Å². The number of nitrogens with one attached hydrogen (secondary N) is 2. The fraction of sp³-hybridized carbons (Fsp3) is 0.130. The van der Waals surface area contributed by atoms with Crippen molar-refractivity contribution in [1.82, 2.24) is 0 Å². The Labute approximate surface area is 164 Å². The molecule has 0 heterocycles. The van der Waals surface area contributed by atoms with Crippen LogP contribution in [0.3, 0.4) is 0 Å². The maximum Gasteiger partial charge on any atom is 0.255 e. The number of carbonyl (C=O) groups is 2. The van der Waals surface area contributed by atoms with Gasteiger partial charge in [0.2, 0.25) is 0 Å². The van der Waals surface area contributed by atoms with E-state index in [2.05, 4.69) is 10.6 Å². The van der Waals surface area contributed by atoms with Crippen LogP contribution >= 0.6 is 0 Å². The number of hydrogen-bond acceptors (Lipinski definition) is 3. The Morgan fingerprint density at radius 2 is 1.18 bits per heavy atom. The normalized spacial score (nSPS) is 10.2. The third kappa shape index (κ3) is 4.57. The van der Waals surface area contributed by atoms with Gasteiger partial charge in [-0.15, -0.1) is 0 Å². The van der Waals surface area contributed by atoms with Crippen molar-refractivity contribution in [2.75, 3.05) is 17.7 Å². The highest BCUT2D eigenvalue weighted by Gasteiger charge is 2.09. The van der Waals surface area contributed by atoms with E-state index < -0.39 is 0 Å². The van der Waals surface area contributed by atoms with Crippen molar-refractivity contribution in [3.8, 4) is 5.75 Å². The van der Waals surface area contributed by atoms with Gasteiger partial charge in [-0.2, -0.15) is 0 Å². The van der Waals surface area contributed by atoms with Crippen molar-refractivity contribution in [1.29, 1.82) is 0 Å². The van der Waals surface area contributed by atoms with Gasteiger partial charge in [-0.1, -0.05) is 6.07 Å². The molecular formula is C23H22N2O3. The third-order valence-electron chi connectivity index (χ3n) is 4.52. The summed E-state index contributed by atoms with van der Waals surface area (Å²) < 4.78 is 5.10. The molecule has 0 saturated carbocycles. The minimum atomic E-state index is -0.225. The SMILES string of the molecule is COc1ccc(NC(=O)c2ccc(NC(=O)c3ccc(C)c(C)c3)cc2)cc1. The lowest BCUT2D eigenvalue weighted by Gasteiger charge is -2.09. The van der Waals surface area contributed by atoms with E-state index in [4.69, 9.17) is 4.74 Å². The van der Waals surface area contributed by atoms with Gasteiger partial charge in [0.05, 0.1) is 7.11 Å². The maximum absolute atomic E-state index is 12.4. The van der Waals surface area contributed by atoms with E-state index in [-0.39, 0.29) is 11.8 Å². The van der Waals surface area contributed by atoms with Crippen LogP contribution in [0.2, 0.25) is 0 Å². The Morgan fingerprint density at radius 1 is 0.679 bits per heavy atom. The van der Waals surface area contributed by atoms with Gasteiger partial charge in [0.1, 0.15) is 5.75 Å². The molecule has 3 rings (SSSR count). The summed E-state index contributed by atoms with van der Waals surface area (Å²) in [7, 11) is 1.59. The molecule has 0 aromatic heterocycles. The molecule has 2 N–H and O–H groups in total. The minimum absolute atomic E-state index is 0.182. The number of ether oxygens (including phenoxy) is 1. The standard InChI is InChI=1S/C23H22N2O3/c1-15-4-5-18(14-16(15)2)23(27)25-19-8-6-17(7-9-19)22(26)24-20-10-12-21(28-3)13-11-20/h4-14H,1-3H3,(H,24,26)(H,25,27). The second kappa shape index (κ2) is 8.39. The highest BCUT2D eigenvalue weighted by Crippen LogP contribution is 2.17. The first-order chi connectivity index (χ1) is 13.5. The topological polar surface area (TPSA) is 67.4 Å². The summed E-state index contributed by atoms with van der Waals surface area (Å²) in [6.45, 7) is 3.98. The fourth-order valence-corrected chi connectivity index (χ4v) is 2.67. The summed E-state index contributed by atoms with van der Waals surface area (Å²) in [4.78, 5) is 24.8. The van der Waals surface area contributed by atoms with Crippen LogP contribution in [0.5, 0.6) is 5.75 Å². The molecule has 0 aliphatic rings. The zero-order valence-electron chi connectivity index (χ0n) is 16.1. The van der Waals surface area contributed by atoms with E-state index in [0.717, 1.165) is 16.9 Å². The lowest BCUT2D eigenvalue weighted by atomic mass is 10.1. The number of anilines is 2. The number of hydrogen-bond donors (Lipinski definition) is 2. The van der Waals surface area contributed by atoms with E-state index in [1.54, 1.807) is 61.7 Å². The van der Waals surface area contributed by atoms with Crippen LogP contribution in [0.1, 0.15) is 31.8 Å². The quantitative estimate of drug-likeness (QED) is 0.673. The second-order valence-corrected chi connectivity index (χ2v) is 6.51. The third-order valence-corrected chi connectivity index (χ3v) is 4.52. The summed E-state index contributed by atoms with van der Waals surface area (Å²) in [6, 6.07) is 19.5. The van der Waals surface area contributed by atoms with Crippen LogP contribution in [0, 0.1) is 13.8 Å². The summed E-state index contributed by atoms with van der Waals surface area (Å²) in [5.41, 5.74) is 4.62. The summed E-state index contributed by atoms with van der Waals surface area (Å²) in [6.07, 6.45) is 0. The van der Waals surface area contributed by atoms with Crippen LogP contribution in [0.15, 0.2) is 66.7 Å². The van der Waals surface area contributed by atoms with Crippen molar-refractivity contribution >= 4 is 23.2 Å². The number of aryl methyl sites for hydroxylation is 2. The summed E-state index contributed by atoms with van der Waals surface area (Å²) in [5, 5.41) is 5.67. The van der Waals surface area contributed by atoms with Crippen LogP contribution in [0.4, 0.5) is 11.4 Å². The molecule has 5 nitrogen and oxygen atoms in total. The maximum atomic E-state index is 12.4. The monoisotopic (exact) mass is 374 g/mol. The first-order valence-electron chi connectivity index (χ1n) is 8.90. The first kappa shape index (κ1) is 19.2. The molecule has 0 aliphatic heterocycles. The Kier molecular flexibility index (Phi) is 5.75. The molecule has 0 atom stereocenters. The molecule has 2 amide bonds. The van der Waals surface area contributed by atoms with Crippen molar-refractivity contribution in [2.45, 2.75) is 13.8 Å². The predicted octanol–water partition coefficient (Wildman–Crippen LogP) is 4.82. The minimum Gasteiger partial charge on any atom is -0.497 e. The van der Waals surface area contributed by atoms with Gasteiger partial charge in [-0.25, -0.2) is 0 Å². The van der Waals surface area contributed by atoms with Gasteiger partial charge >= 0.3 is 0 Å². The molecular weight excluding hydrogens is 352 g/mol. The molecule has 0 fully saturated rings. The van der Waals surface area contributed by atoms with Gasteiger partial charge in [0, 0.05) is 22.5 Å². The fourth-order valence-electron chi connectivity index (χ4n) is 2.67. The Bertz CT molecular complexity index is 993. The predicted molar refractivity (Wildman–Crippen MR) is 111 cm³/mol. The van der Waals surface area contributed by atoms with Gasteiger partial charge < -0.3 is 15.4 Å². The van der Waals surface area contributed by atoms with Gasteiger partial charge in [0.25, 0.3) is 11.8 Å². The van der Waals surface area contributed by atoms with Crippen LogP contribution in [-0.4, -0.2) is 18.9 Å². The summed E-state index contributed by atoms with van der Waals surface area (Å²) >= 11 is 0. The molecule has 0 aliphatic carbocycles. The number of carbonyl (C=O) groups excluding carboxylic acids is 2. The molecule has 0 saturated heterocycles. The largest absolute Gasteiger partial charge is 0.497 e. The van der Waals surface area contributed by atoms with E-state index in [0.29, 0.717) is 22.5 Å². The lowest BCUT2D eigenvalue weighted by molar-refractivity contribution is 0.102. The molecule has 0 bridgehead atoms. The molecule has 0 radical (unpaired) electrons. The van der Waals surface area contributed by atoms with E-state index in [1.165, 1.54) is 0 Å². The zero-order chi connectivity index (χ0) is 20.1. The molecule has 0 unspecified atom stereocenters. The average molecular weight is 374 g/mol. The Hall–Kier alpha value is -3.60. The number of methoxy groups -OCH3 is 1. The molecule has 0 spiro atoms. The van der Waals surface area contributed by atoms with Crippen LogP contribution in [0.25, 0.3) is 0 Å². The van der Waals surface area contributed by atoms with Gasteiger partial charge in [-0.3, -0.25) is 9.59 Å². The second-order valence-electron chi connectivity index (χ2n) is 6.51. The van der Waals surface area contributed by atoms with E-state index in [9.17, 15) is 9.59 Å². The molecule has 3 aromatic carbocycles. The lowest BCUT2D eigenvalue weighted by Crippen LogP contribution is -2.14. The number of rotatable bonds is 5. The Morgan fingerprint density at radius 3 is 1.71 bits per heavy atom. The molecule has 142 valence electrons. The van der Waals surface area contributed by atoms with Crippen LogP contribution in [-0.2, 0) is 0 Å². The smallest absolute Gasteiger partial charge is 0.255 e. The molecule has 5 heteroatoms. The highest BCUT2D eigenvalue weighted by atomic mass is 16.5. The number of amides is 2. The zero-order valence-corrected chi connectivity index (χ0v) is 16.1. The van der Waals surface area contributed by atoms with Crippen molar-refractivity contribution in [2.24, 2.45) is 0 Å². The average Bonchev–Trinajstić information content (AvgIpc) is 2.71. The number of benzene rings is 3. The van der Waals surface area contributed by atoms with E-state index in [1.807, 2.05) is 26.0 Å². The van der Waals surface area contributed by atoms with Crippen molar-refractivity contribution in [3.63, 3.8) is 0 Å². The molecule has 3 aromatic rings. The first-order valence-corrected chi connectivity index (χ1v) is 8.90. The van der Waals surface area contributed by atoms with Gasteiger partial charge in [0.15, 0.2) is 0 Å².